The fourth-order valence-electron chi connectivity index (χ4n) is 2.51. The molecule has 0 aliphatic carbocycles. The van der Waals surface area contributed by atoms with Crippen molar-refractivity contribution < 1.29 is 14.3 Å². The maximum atomic E-state index is 11.9. The van der Waals surface area contributed by atoms with E-state index in [-0.39, 0.29) is 5.91 Å². The Hall–Kier alpha value is -3.54. The third-order valence-corrected chi connectivity index (χ3v) is 3.89. The monoisotopic (exact) mass is 349 g/mol. The summed E-state index contributed by atoms with van der Waals surface area (Å²) in [5.74, 6) is 0.428. The third kappa shape index (κ3) is 4.30. The summed E-state index contributed by atoms with van der Waals surface area (Å²) in [5.41, 5.74) is 6.12. The highest BCUT2D eigenvalue weighted by atomic mass is 16.5. The molecule has 3 amide bonds. The van der Waals surface area contributed by atoms with E-state index in [0.29, 0.717) is 12.1 Å². The summed E-state index contributed by atoms with van der Waals surface area (Å²) in [5, 5.41) is 4.82. The van der Waals surface area contributed by atoms with Crippen LogP contribution in [0.2, 0.25) is 0 Å². The van der Waals surface area contributed by atoms with Crippen molar-refractivity contribution >= 4 is 22.7 Å². The van der Waals surface area contributed by atoms with Crippen molar-refractivity contribution in [2.45, 2.75) is 6.54 Å². The smallest absolute Gasteiger partial charge is 0.333 e. The Labute approximate surface area is 151 Å². The Morgan fingerprint density at radius 3 is 2.38 bits per heavy atom. The van der Waals surface area contributed by atoms with Crippen LogP contribution >= 0.6 is 0 Å². The zero-order chi connectivity index (χ0) is 18.4. The number of fused-ring (bicyclic) bond motifs is 1. The first kappa shape index (κ1) is 17.3. The molecule has 6 nitrogen and oxygen atoms in total. The fraction of sp³-hybridized carbons (Fsp3) is 0.100. The van der Waals surface area contributed by atoms with Crippen LogP contribution in [-0.2, 0) is 6.54 Å². The standard InChI is InChI=1S/C20H19N3O3/c1-26-18-10-9-16-11-14(7-8-17(16)12-18)13-21-20(25)23-22-19(24)15-5-3-2-4-6-15/h2-12H,13H2,1H3,(H,22,24)(H2,21,23,25). The number of hydrogen-bond acceptors (Lipinski definition) is 3. The second-order valence-electron chi connectivity index (χ2n) is 5.68. The minimum Gasteiger partial charge on any atom is -0.497 e. The van der Waals surface area contributed by atoms with Crippen LogP contribution in [0.25, 0.3) is 10.8 Å². The molecular formula is C20H19N3O3. The maximum absolute atomic E-state index is 11.9. The number of carbonyl (C=O) groups excluding carboxylic acids is 2. The minimum atomic E-state index is -0.482. The highest BCUT2D eigenvalue weighted by molar-refractivity contribution is 5.95. The number of carbonyl (C=O) groups is 2. The molecule has 6 heteroatoms. The van der Waals surface area contributed by atoms with E-state index in [0.717, 1.165) is 22.1 Å². The summed E-state index contributed by atoms with van der Waals surface area (Å²) in [7, 11) is 1.63. The number of rotatable bonds is 4. The summed E-state index contributed by atoms with van der Waals surface area (Å²) in [4.78, 5) is 23.7. The molecule has 3 aromatic carbocycles. The molecule has 0 fully saturated rings. The topological polar surface area (TPSA) is 79.5 Å². The zero-order valence-corrected chi connectivity index (χ0v) is 14.3. The molecule has 26 heavy (non-hydrogen) atoms. The number of ether oxygens (including phenoxy) is 1. The van der Waals surface area contributed by atoms with Gasteiger partial charge in [-0.3, -0.25) is 10.2 Å². The van der Waals surface area contributed by atoms with Crippen LogP contribution in [-0.4, -0.2) is 19.0 Å². The molecule has 0 saturated heterocycles. The molecule has 3 N–H and O–H groups in total. The average Bonchev–Trinajstić information content (AvgIpc) is 2.70. The van der Waals surface area contributed by atoms with E-state index in [4.69, 9.17) is 4.74 Å². The molecular weight excluding hydrogens is 330 g/mol. The molecule has 0 saturated carbocycles. The zero-order valence-electron chi connectivity index (χ0n) is 14.3. The number of amides is 3. The Morgan fingerprint density at radius 1 is 0.885 bits per heavy atom. The van der Waals surface area contributed by atoms with Crippen molar-refractivity contribution in [2.24, 2.45) is 0 Å². The van der Waals surface area contributed by atoms with Gasteiger partial charge in [0.1, 0.15) is 5.75 Å². The van der Waals surface area contributed by atoms with E-state index in [2.05, 4.69) is 16.2 Å². The summed E-state index contributed by atoms with van der Waals surface area (Å²) < 4.78 is 5.21. The Bertz CT molecular complexity index is 926. The number of hydrogen-bond donors (Lipinski definition) is 3. The highest BCUT2D eigenvalue weighted by Crippen LogP contribution is 2.21. The molecule has 3 rings (SSSR count). The van der Waals surface area contributed by atoms with Gasteiger partial charge in [0.05, 0.1) is 7.11 Å². The van der Waals surface area contributed by atoms with Gasteiger partial charge < -0.3 is 10.1 Å². The summed E-state index contributed by atoms with van der Waals surface area (Å²) in [6.45, 7) is 0.342. The molecule has 0 aliphatic heterocycles. The number of benzene rings is 3. The van der Waals surface area contributed by atoms with Crippen molar-refractivity contribution in [3.05, 3.63) is 77.9 Å². The first-order valence-corrected chi connectivity index (χ1v) is 8.11. The third-order valence-electron chi connectivity index (χ3n) is 3.89. The molecule has 0 atom stereocenters. The van der Waals surface area contributed by atoms with Gasteiger partial charge in [0, 0.05) is 12.1 Å². The van der Waals surface area contributed by atoms with Gasteiger partial charge in [0.2, 0.25) is 0 Å². The molecule has 3 aromatic rings. The van der Waals surface area contributed by atoms with Gasteiger partial charge in [0.15, 0.2) is 0 Å². The van der Waals surface area contributed by atoms with Gasteiger partial charge in [-0.1, -0.05) is 36.4 Å². The maximum Gasteiger partial charge on any atom is 0.333 e. The Balaban J connectivity index is 1.52. The Morgan fingerprint density at radius 2 is 1.62 bits per heavy atom. The van der Waals surface area contributed by atoms with Crippen LogP contribution in [0.4, 0.5) is 4.79 Å². The molecule has 0 spiro atoms. The van der Waals surface area contributed by atoms with Gasteiger partial charge in [-0.2, -0.15) is 0 Å². The summed E-state index contributed by atoms with van der Waals surface area (Å²) in [6, 6.07) is 19.9. The van der Waals surface area contributed by atoms with E-state index >= 15 is 0 Å². The minimum absolute atomic E-state index is 0.342. The lowest BCUT2D eigenvalue weighted by atomic mass is 10.1. The first-order chi connectivity index (χ1) is 12.7. The highest BCUT2D eigenvalue weighted by Gasteiger charge is 2.06. The van der Waals surface area contributed by atoms with E-state index in [1.165, 1.54) is 0 Å². The molecule has 0 aliphatic rings. The quantitative estimate of drug-likeness (QED) is 0.634. The van der Waals surface area contributed by atoms with E-state index in [1.54, 1.807) is 31.4 Å². The van der Waals surface area contributed by atoms with Gasteiger partial charge >= 0.3 is 6.03 Å². The van der Waals surface area contributed by atoms with Gasteiger partial charge in [-0.25, -0.2) is 10.2 Å². The normalized spacial score (nSPS) is 10.2. The van der Waals surface area contributed by atoms with Crippen LogP contribution in [0, 0.1) is 0 Å². The van der Waals surface area contributed by atoms with Crippen molar-refractivity contribution in [3.63, 3.8) is 0 Å². The first-order valence-electron chi connectivity index (χ1n) is 8.11. The lowest BCUT2D eigenvalue weighted by Crippen LogP contribution is -2.46. The Kier molecular flexibility index (Phi) is 5.34. The number of hydrazine groups is 1. The van der Waals surface area contributed by atoms with Crippen molar-refractivity contribution in [1.29, 1.82) is 0 Å². The predicted molar refractivity (Wildman–Crippen MR) is 99.8 cm³/mol. The van der Waals surface area contributed by atoms with Crippen molar-refractivity contribution in [3.8, 4) is 5.75 Å². The fourth-order valence-corrected chi connectivity index (χ4v) is 2.51. The van der Waals surface area contributed by atoms with E-state index in [1.807, 2.05) is 42.5 Å². The van der Waals surface area contributed by atoms with Crippen molar-refractivity contribution in [2.75, 3.05) is 7.11 Å². The molecule has 0 radical (unpaired) electrons. The van der Waals surface area contributed by atoms with Crippen LogP contribution in [0.3, 0.4) is 0 Å². The summed E-state index contributed by atoms with van der Waals surface area (Å²) >= 11 is 0. The van der Waals surface area contributed by atoms with Crippen LogP contribution < -0.4 is 20.9 Å². The number of methoxy groups -OCH3 is 1. The molecule has 0 aromatic heterocycles. The van der Waals surface area contributed by atoms with E-state index < -0.39 is 6.03 Å². The lowest BCUT2D eigenvalue weighted by Gasteiger charge is -2.10. The summed E-state index contributed by atoms with van der Waals surface area (Å²) in [6.07, 6.45) is 0. The number of urea groups is 1. The molecule has 0 bridgehead atoms. The van der Waals surface area contributed by atoms with Crippen LogP contribution in [0.15, 0.2) is 66.7 Å². The van der Waals surface area contributed by atoms with E-state index in [9.17, 15) is 9.59 Å². The SMILES string of the molecule is COc1ccc2cc(CNC(=O)NNC(=O)c3ccccc3)ccc2c1. The average molecular weight is 349 g/mol. The van der Waals surface area contributed by atoms with Gasteiger partial charge in [-0.05, 0) is 46.7 Å². The molecule has 0 unspecified atom stereocenters. The van der Waals surface area contributed by atoms with Crippen LogP contribution in [0.1, 0.15) is 15.9 Å². The molecule has 0 heterocycles. The number of nitrogens with one attached hydrogen (secondary N) is 3. The predicted octanol–water partition coefficient (Wildman–Crippen LogP) is 2.99. The lowest BCUT2D eigenvalue weighted by molar-refractivity contribution is 0.0936. The second kappa shape index (κ2) is 8.02. The molecule has 132 valence electrons. The largest absolute Gasteiger partial charge is 0.497 e. The second-order valence-corrected chi connectivity index (χ2v) is 5.68. The van der Waals surface area contributed by atoms with Gasteiger partial charge in [-0.15, -0.1) is 0 Å². The van der Waals surface area contributed by atoms with Crippen molar-refractivity contribution in [1.82, 2.24) is 16.2 Å². The van der Waals surface area contributed by atoms with Gasteiger partial charge in [0.25, 0.3) is 5.91 Å². The van der Waals surface area contributed by atoms with Crippen LogP contribution in [0.5, 0.6) is 5.75 Å².